The Balaban J connectivity index is 0.00000264. The number of hydrogen-bond acceptors (Lipinski definition) is 4. The molecule has 130 valence electrons. The normalized spacial score (nSPS) is 21.1. The van der Waals surface area contributed by atoms with Gasteiger partial charge in [-0.05, 0) is 44.4 Å². The summed E-state index contributed by atoms with van der Waals surface area (Å²) in [6.07, 6.45) is 1.40. The molecule has 0 bridgehead atoms. The van der Waals surface area contributed by atoms with Crippen molar-refractivity contribution in [2.45, 2.75) is 37.6 Å². The summed E-state index contributed by atoms with van der Waals surface area (Å²) in [6.45, 7) is 4.94. The molecule has 0 aromatic heterocycles. The number of amides is 1. The van der Waals surface area contributed by atoms with Gasteiger partial charge in [-0.3, -0.25) is 4.79 Å². The lowest BCUT2D eigenvalue weighted by Crippen LogP contribution is -2.35. The van der Waals surface area contributed by atoms with Crippen LogP contribution in [0, 0.1) is 5.92 Å². The zero-order valence-corrected chi connectivity index (χ0v) is 15.2. The number of halogens is 1. The summed E-state index contributed by atoms with van der Waals surface area (Å²) in [7, 11) is -3.42. The molecule has 5 nitrogen and oxygen atoms in total. The fourth-order valence-corrected chi connectivity index (χ4v) is 4.58. The maximum atomic E-state index is 12.8. The van der Waals surface area contributed by atoms with E-state index in [4.69, 9.17) is 5.73 Å². The minimum absolute atomic E-state index is 0. The topological polar surface area (TPSA) is 80.5 Å². The Morgan fingerprint density at radius 1 is 1.35 bits per heavy atom. The smallest absolute Gasteiger partial charge is 0.255 e. The number of rotatable bonds is 5. The van der Waals surface area contributed by atoms with E-state index in [2.05, 4.69) is 0 Å². The van der Waals surface area contributed by atoms with E-state index in [-0.39, 0.29) is 40.6 Å². The highest BCUT2D eigenvalue weighted by molar-refractivity contribution is 7.91. The molecule has 0 radical (unpaired) electrons. The number of likely N-dealkylation sites (tertiary alicyclic amines) is 1. The molecule has 0 aliphatic carbocycles. The zero-order valence-electron chi connectivity index (χ0n) is 13.6. The number of carbonyl (C=O) groups is 1. The largest absolute Gasteiger partial charge is 0.336 e. The van der Waals surface area contributed by atoms with Gasteiger partial charge in [-0.25, -0.2) is 8.42 Å². The monoisotopic (exact) mass is 360 g/mol. The maximum Gasteiger partial charge on any atom is 0.255 e. The van der Waals surface area contributed by atoms with Crippen LogP contribution in [-0.2, 0) is 9.84 Å². The Bertz CT molecular complexity index is 648. The summed E-state index contributed by atoms with van der Waals surface area (Å²) in [4.78, 5) is 14.7. The van der Waals surface area contributed by atoms with E-state index in [1.807, 2.05) is 13.8 Å². The molecule has 0 saturated carbocycles. The van der Waals surface area contributed by atoms with E-state index >= 15 is 0 Å². The highest BCUT2D eigenvalue weighted by atomic mass is 35.5. The van der Waals surface area contributed by atoms with E-state index < -0.39 is 9.84 Å². The molecule has 1 aliphatic heterocycles. The molecule has 1 amide bonds. The molecule has 2 atom stereocenters. The predicted molar refractivity (Wildman–Crippen MR) is 93.7 cm³/mol. The third-order valence-corrected chi connectivity index (χ3v) is 6.15. The fraction of sp³-hybridized carbons (Fsp3) is 0.562. The van der Waals surface area contributed by atoms with Gasteiger partial charge in [0.15, 0.2) is 9.84 Å². The second kappa shape index (κ2) is 8.13. The van der Waals surface area contributed by atoms with Crippen molar-refractivity contribution in [2.24, 2.45) is 11.7 Å². The molecule has 2 unspecified atom stereocenters. The Hall–Kier alpha value is -1.11. The first-order valence-corrected chi connectivity index (χ1v) is 9.38. The van der Waals surface area contributed by atoms with Gasteiger partial charge < -0.3 is 10.6 Å². The second-order valence-electron chi connectivity index (χ2n) is 5.96. The fourth-order valence-electron chi connectivity index (χ4n) is 3.04. The third-order valence-electron chi connectivity index (χ3n) is 4.18. The van der Waals surface area contributed by atoms with Crippen LogP contribution in [0.15, 0.2) is 29.2 Å². The average molecular weight is 361 g/mol. The van der Waals surface area contributed by atoms with Crippen LogP contribution in [-0.4, -0.2) is 44.1 Å². The molecule has 1 saturated heterocycles. The van der Waals surface area contributed by atoms with E-state index in [0.29, 0.717) is 25.4 Å². The van der Waals surface area contributed by atoms with Crippen molar-refractivity contribution in [1.82, 2.24) is 4.90 Å². The number of nitrogens with zero attached hydrogens (tertiary/aromatic N) is 1. The van der Waals surface area contributed by atoms with Gasteiger partial charge in [0.05, 0.1) is 16.2 Å². The van der Waals surface area contributed by atoms with Crippen molar-refractivity contribution >= 4 is 28.2 Å². The van der Waals surface area contributed by atoms with Crippen molar-refractivity contribution in [3.8, 4) is 0 Å². The number of carbonyl (C=O) groups excluding carboxylic acids is 1. The molecular formula is C16H25ClN2O3S. The molecule has 1 aromatic rings. The lowest BCUT2D eigenvalue weighted by molar-refractivity contribution is 0.0739. The lowest BCUT2D eigenvalue weighted by Gasteiger charge is -2.23. The minimum Gasteiger partial charge on any atom is -0.336 e. The van der Waals surface area contributed by atoms with Crippen LogP contribution < -0.4 is 5.73 Å². The zero-order chi connectivity index (χ0) is 16.3. The molecule has 1 heterocycles. The summed E-state index contributed by atoms with van der Waals surface area (Å²) in [6, 6.07) is 6.59. The van der Waals surface area contributed by atoms with Crippen LogP contribution in [0.25, 0.3) is 0 Å². The molecule has 2 rings (SSSR count). The first kappa shape index (κ1) is 19.9. The summed E-state index contributed by atoms with van der Waals surface area (Å²) in [5, 5.41) is 0. The molecule has 1 aliphatic rings. The Morgan fingerprint density at radius 2 is 2.00 bits per heavy atom. The number of hydrogen-bond donors (Lipinski definition) is 1. The van der Waals surface area contributed by atoms with Crippen LogP contribution in [0.1, 0.15) is 37.0 Å². The predicted octanol–water partition coefficient (Wildman–Crippen LogP) is 2.10. The average Bonchev–Trinajstić information content (AvgIpc) is 2.87. The molecule has 1 aromatic carbocycles. The summed E-state index contributed by atoms with van der Waals surface area (Å²) < 4.78 is 24.8. The molecule has 23 heavy (non-hydrogen) atoms. The molecule has 7 heteroatoms. The van der Waals surface area contributed by atoms with Crippen molar-refractivity contribution in [1.29, 1.82) is 0 Å². The second-order valence-corrected chi connectivity index (χ2v) is 8.04. The van der Waals surface area contributed by atoms with Crippen molar-refractivity contribution in [2.75, 3.05) is 18.8 Å². The van der Waals surface area contributed by atoms with Gasteiger partial charge in [-0.15, -0.1) is 12.4 Å². The van der Waals surface area contributed by atoms with E-state index in [1.165, 1.54) is 6.07 Å². The quantitative estimate of drug-likeness (QED) is 0.871. The first-order valence-electron chi connectivity index (χ1n) is 7.73. The van der Waals surface area contributed by atoms with Gasteiger partial charge in [-0.1, -0.05) is 19.1 Å². The Kier molecular flexibility index (Phi) is 7.04. The summed E-state index contributed by atoms with van der Waals surface area (Å²) >= 11 is 0. The Morgan fingerprint density at radius 3 is 2.57 bits per heavy atom. The van der Waals surface area contributed by atoms with Crippen molar-refractivity contribution < 1.29 is 13.2 Å². The van der Waals surface area contributed by atoms with Gasteiger partial charge in [-0.2, -0.15) is 0 Å². The van der Waals surface area contributed by atoms with Gasteiger partial charge in [0.2, 0.25) is 0 Å². The molecular weight excluding hydrogens is 336 g/mol. The van der Waals surface area contributed by atoms with Gasteiger partial charge in [0, 0.05) is 12.6 Å². The molecule has 0 spiro atoms. The van der Waals surface area contributed by atoms with E-state index in [1.54, 1.807) is 23.1 Å². The van der Waals surface area contributed by atoms with Gasteiger partial charge in [0.1, 0.15) is 0 Å². The summed E-state index contributed by atoms with van der Waals surface area (Å²) in [5.41, 5.74) is 5.98. The van der Waals surface area contributed by atoms with Gasteiger partial charge >= 0.3 is 0 Å². The van der Waals surface area contributed by atoms with Crippen LogP contribution in [0.4, 0.5) is 0 Å². The van der Waals surface area contributed by atoms with E-state index in [9.17, 15) is 13.2 Å². The number of sulfone groups is 1. The first-order chi connectivity index (χ1) is 10.4. The number of nitrogens with two attached hydrogens (primary N) is 1. The third kappa shape index (κ3) is 4.25. The standard InChI is InChI=1S/C16H24N2O3S.ClH/c1-3-8-22(20,21)15-7-5-4-6-14(15)16(19)18-11-13(10-17)9-12(18)2;/h4-7,12-13H,3,8-11,17H2,1-2H3;1H. The molecule has 1 fully saturated rings. The van der Waals surface area contributed by atoms with E-state index in [0.717, 1.165) is 6.42 Å². The highest BCUT2D eigenvalue weighted by Gasteiger charge is 2.34. The van der Waals surface area contributed by atoms with Crippen LogP contribution in [0.2, 0.25) is 0 Å². The van der Waals surface area contributed by atoms with Crippen LogP contribution in [0.5, 0.6) is 0 Å². The van der Waals surface area contributed by atoms with Crippen molar-refractivity contribution in [3.63, 3.8) is 0 Å². The maximum absolute atomic E-state index is 12.8. The van der Waals surface area contributed by atoms with Gasteiger partial charge in [0.25, 0.3) is 5.91 Å². The van der Waals surface area contributed by atoms with Crippen LogP contribution in [0.3, 0.4) is 0 Å². The number of benzene rings is 1. The molecule has 2 N–H and O–H groups in total. The SMILES string of the molecule is CCCS(=O)(=O)c1ccccc1C(=O)N1CC(CN)CC1C.Cl. The summed E-state index contributed by atoms with van der Waals surface area (Å²) in [5.74, 6) is 0.134. The lowest BCUT2D eigenvalue weighted by atomic mass is 10.1. The highest BCUT2D eigenvalue weighted by Crippen LogP contribution is 2.27. The minimum atomic E-state index is -3.42. The van der Waals surface area contributed by atoms with Crippen molar-refractivity contribution in [3.05, 3.63) is 29.8 Å². The Labute approximate surface area is 144 Å². The van der Waals surface area contributed by atoms with Crippen LogP contribution >= 0.6 is 12.4 Å².